The predicted molar refractivity (Wildman–Crippen MR) is 137 cm³/mol. The Morgan fingerprint density at radius 1 is 1.00 bits per heavy atom. The molecule has 2 aromatic rings. The van der Waals surface area contributed by atoms with Gasteiger partial charge in [-0.2, -0.15) is 0 Å². The van der Waals surface area contributed by atoms with E-state index in [4.69, 9.17) is 9.47 Å². The summed E-state index contributed by atoms with van der Waals surface area (Å²) >= 11 is 0. The summed E-state index contributed by atoms with van der Waals surface area (Å²) in [5.74, 6) is 0.112. The molecule has 2 aromatic carbocycles. The Morgan fingerprint density at radius 2 is 1.66 bits per heavy atom. The largest absolute Gasteiger partial charge is 0.497 e. The summed E-state index contributed by atoms with van der Waals surface area (Å²) in [4.78, 5) is 37.3. The van der Waals surface area contributed by atoms with Crippen molar-refractivity contribution in [2.24, 2.45) is 5.92 Å². The number of hydrogen-bond donors (Lipinski definition) is 2. The smallest absolute Gasteiger partial charge is 0.408 e. The van der Waals surface area contributed by atoms with E-state index in [1.807, 2.05) is 30.3 Å². The fourth-order valence-corrected chi connectivity index (χ4v) is 3.34. The van der Waals surface area contributed by atoms with Crippen molar-refractivity contribution < 1.29 is 23.9 Å². The Hall–Kier alpha value is -3.61. The molecule has 0 aliphatic rings. The molecule has 0 saturated carbocycles. The molecule has 2 N–H and O–H groups in total. The van der Waals surface area contributed by atoms with E-state index < -0.39 is 17.7 Å². The van der Waals surface area contributed by atoms with E-state index in [0.717, 1.165) is 12.0 Å². The predicted octanol–water partition coefficient (Wildman–Crippen LogP) is 5.31. The summed E-state index contributed by atoms with van der Waals surface area (Å²) < 4.78 is 10.4. The van der Waals surface area contributed by atoms with Crippen molar-refractivity contribution in [3.63, 3.8) is 0 Å². The van der Waals surface area contributed by atoms with Crippen LogP contribution >= 0.6 is 0 Å². The second-order valence-corrected chi connectivity index (χ2v) is 9.40. The standard InChI is InChI=1S/C28H36N2O5/c1-20(29-27(33)35-28(2,3)4)25(31)19-22(12-11-21-9-7-6-8-10-21)13-18-26(32)30-23-14-16-24(34-5)17-15-23/h6-10,13-18,20,22H,11-12,19H2,1-5H3,(H,29,33)(H,30,32)/b18-13+/t20-,22-/m0/s1. The van der Waals surface area contributed by atoms with Crippen LogP contribution in [-0.4, -0.2) is 36.5 Å². The number of allylic oxidation sites excluding steroid dienone is 1. The van der Waals surface area contributed by atoms with Gasteiger partial charge in [0.05, 0.1) is 13.2 Å². The molecule has 188 valence electrons. The minimum atomic E-state index is -0.703. The number of carbonyl (C=O) groups excluding carboxylic acids is 3. The van der Waals surface area contributed by atoms with Gasteiger partial charge in [0, 0.05) is 12.1 Å². The lowest BCUT2D eigenvalue weighted by Crippen LogP contribution is -2.42. The molecule has 2 amide bonds. The molecule has 0 bridgehead atoms. The maximum absolute atomic E-state index is 12.8. The molecule has 0 aliphatic carbocycles. The van der Waals surface area contributed by atoms with Crippen LogP contribution in [-0.2, 0) is 20.7 Å². The number of aryl methyl sites for hydroxylation is 1. The number of ether oxygens (including phenoxy) is 2. The zero-order valence-corrected chi connectivity index (χ0v) is 21.2. The van der Waals surface area contributed by atoms with Crippen molar-refractivity contribution in [2.75, 3.05) is 12.4 Å². The van der Waals surface area contributed by atoms with E-state index in [9.17, 15) is 14.4 Å². The van der Waals surface area contributed by atoms with Crippen LogP contribution in [0.5, 0.6) is 5.75 Å². The summed E-state index contributed by atoms with van der Waals surface area (Å²) in [7, 11) is 1.58. The molecule has 0 aromatic heterocycles. The third-order valence-electron chi connectivity index (χ3n) is 5.20. The molecule has 0 unspecified atom stereocenters. The Bertz CT molecular complexity index is 994. The Kier molecular flexibility index (Phi) is 10.5. The minimum absolute atomic E-state index is 0.130. The molecule has 7 nitrogen and oxygen atoms in total. The highest BCUT2D eigenvalue weighted by molar-refractivity contribution is 5.99. The van der Waals surface area contributed by atoms with E-state index in [2.05, 4.69) is 10.6 Å². The van der Waals surface area contributed by atoms with Crippen molar-refractivity contribution in [1.82, 2.24) is 5.32 Å². The lowest BCUT2D eigenvalue weighted by Gasteiger charge is -2.22. The summed E-state index contributed by atoms with van der Waals surface area (Å²) in [6.07, 6.45) is 4.22. The van der Waals surface area contributed by atoms with Gasteiger partial charge in [0.1, 0.15) is 11.4 Å². The molecule has 2 atom stereocenters. The van der Waals surface area contributed by atoms with Crippen LogP contribution in [0.3, 0.4) is 0 Å². The number of amides is 2. The number of methoxy groups -OCH3 is 1. The van der Waals surface area contributed by atoms with Gasteiger partial charge < -0.3 is 20.1 Å². The number of nitrogens with one attached hydrogen (secondary N) is 2. The van der Waals surface area contributed by atoms with Crippen LogP contribution < -0.4 is 15.4 Å². The molecule has 2 rings (SSSR count). The number of hydrogen-bond acceptors (Lipinski definition) is 5. The fourth-order valence-electron chi connectivity index (χ4n) is 3.34. The van der Waals surface area contributed by atoms with Crippen molar-refractivity contribution in [1.29, 1.82) is 0 Å². The molecular formula is C28H36N2O5. The first-order chi connectivity index (χ1) is 16.6. The molecule has 0 aliphatic heterocycles. The molecule has 35 heavy (non-hydrogen) atoms. The second kappa shape index (κ2) is 13.3. The average Bonchev–Trinajstić information content (AvgIpc) is 2.80. The molecular weight excluding hydrogens is 444 g/mol. The number of benzene rings is 2. The van der Waals surface area contributed by atoms with Crippen molar-refractivity contribution in [3.05, 3.63) is 72.3 Å². The average molecular weight is 481 g/mol. The number of Topliss-reactive ketones (excluding diaryl/α,β-unsaturated/α-hetero) is 1. The summed E-state index contributed by atoms with van der Waals surface area (Å²) in [5, 5.41) is 5.40. The highest BCUT2D eigenvalue weighted by Crippen LogP contribution is 2.18. The van der Waals surface area contributed by atoms with Gasteiger partial charge in [-0.25, -0.2) is 4.79 Å². The SMILES string of the molecule is COc1ccc(NC(=O)/C=C/[C@H](CCc2ccccc2)CC(=O)[C@H](C)NC(=O)OC(C)(C)C)cc1. The highest BCUT2D eigenvalue weighted by atomic mass is 16.6. The molecule has 0 saturated heterocycles. The van der Waals surface area contributed by atoms with Crippen LogP contribution in [0.2, 0.25) is 0 Å². The van der Waals surface area contributed by atoms with Gasteiger partial charge in [0.2, 0.25) is 5.91 Å². The van der Waals surface area contributed by atoms with Crippen LogP contribution in [0.1, 0.15) is 46.1 Å². The Balaban J connectivity index is 2.02. The second-order valence-electron chi connectivity index (χ2n) is 9.40. The third kappa shape index (κ3) is 10.9. The van der Waals surface area contributed by atoms with Crippen LogP contribution in [0.25, 0.3) is 0 Å². The lowest BCUT2D eigenvalue weighted by atomic mass is 9.92. The zero-order valence-electron chi connectivity index (χ0n) is 21.2. The normalized spacial score (nSPS) is 13.1. The number of alkyl carbamates (subject to hydrolysis) is 1. The monoisotopic (exact) mass is 480 g/mol. The highest BCUT2D eigenvalue weighted by Gasteiger charge is 2.22. The van der Waals surface area contributed by atoms with Gasteiger partial charge in [-0.15, -0.1) is 0 Å². The van der Waals surface area contributed by atoms with Gasteiger partial charge >= 0.3 is 6.09 Å². The summed E-state index contributed by atoms with van der Waals surface area (Å²) in [6.45, 7) is 6.93. The van der Waals surface area contributed by atoms with Crippen molar-refractivity contribution in [2.45, 2.75) is 58.6 Å². The molecule has 0 heterocycles. The van der Waals surface area contributed by atoms with E-state index >= 15 is 0 Å². The van der Waals surface area contributed by atoms with Gasteiger partial charge in [0.25, 0.3) is 0 Å². The number of carbonyl (C=O) groups is 3. The molecule has 0 fully saturated rings. The van der Waals surface area contributed by atoms with Gasteiger partial charge in [-0.05, 0) is 82.4 Å². The molecule has 0 radical (unpaired) electrons. The van der Waals surface area contributed by atoms with Gasteiger partial charge in [-0.3, -0.25) is 9.59 Å². The molecule has 7 heteroatoms. The third-order valence-corrected chi connectivity index (χ3v) is 5.20. The maximum Gasteiger partial charge on any atom is 0.408 e. The number of anilines is 1. The minimum Gasteiger partial charge on any atom is -0.497 e. The first kappa shape index (κ1) is 27.6. The summed E-state index contributed by atoms with van der Waals surface area (Å²) in [5.41, 5.74) is 1.15. The Morgan fingerprint density at radius 3 is 2.26 bits per heavy atom. The maximum atomic E-state index is 12.8. The number of ketones is 1. The van der Waals surface area contributed by atoms with E-state index in [1.54, 1.807) is 65.1 Å². The molecule has 0 spiro atoms. The quantitative estimate of drug-likeness (QED) is 0.425. The van der Waals surface area contributed by atoms with Crippen molar-refractivity contribution in [3.8, 4) is 5.75 Å². The van der Waals surface area contributed by atoms with E-state index in [0.29, 0.717) is 17.9 Å². The fraction of sp³-hybridized carbons (Fsp3) is 0.393. The zero-order chi connectivity index (χ0) is 25.8. The first-order valence-electron chi connectivity index (χ1n) is 11.7. The van der Waals surface area contributed by atoms with Gasteiger partial charge in [-0.1, -0.05) is 36.4 Å². The topological polar surface area (TPSA) is 93.7 Å². The first-order valence-corrected chi connectivity index (χ1v) is 11.7. The lowest BCUT2D eigenvalue weighted by molar-refractivity contribution is -0.121. The van der Waals surface area contributed by atoms with Crippen LogP contribution in [0, 0.1) is 5.92 Å². The number of rotatable bonds is 11. The van der Waals surface area contributed by atoms with Gasteiger partial charge in [0.15, 0.2) is 5.78 Å². The van der Waals surface area contributed by atoms with Crippen LogP contribution in [0.15, 0.2) is 66.7 Å². The van der Waals surface area contributed by atoms with Crippen LogP contribution in [0.4, 0.5) is 10.5 Å². The Labute approximate surface area is 207 Å². The van der Waals surface area contributed by atoms with Crippen molar-refractivity contribution >= 4 is 23.5 Å². The van der Waals surface area contributed by atoms with E-state index in [1.165, 1.54) is 6.08 Å². The summed E-state index contributed by atoms with van der Waals surface area (Å²) in [6, 6.07) is 16.3. The van der Waals surface area contributed by atoms with E-state index in [-0.39, 0.29) is 24.0 Å².